The Morgan fingerprint density at radius 1 is 1.30 bits per heavy atom. The largest absolute Gasteiger partial charge is 0.444 e. The minimum atomic E-state index is -0.946. The third-order valence-electron chi connectivity index (χ3n) is 4.64. The molecule has 7 heteroatoms. The third-order valence-corrected chi connectivity index (χ3v) is 4.64. The summed E-state index contributed by atoms with van der Waals surface area (Å²) in [5.74, 6) is -0.196. The Morgan fingerprint density at radius 3 is 2.35 bits per heavy atom. The first-order valence-corrected chi connectivity index (χ1v) is 8.05. The van der Waals surface area contributed by atoms with E-state index < -0.39 is 16.6 Å². The molecule has 0 aromatic carbocycles. The van der Waals surface area contributed by atoms with Crippen LogP contribution in [-0.2, 0) is 9.53 Å². The lowest BCUT2D eigenvalue weighted by molar-refractivity contribution is -0.138. The van der Waals surface area contributed by atoms with Crippen LogP contribution in [0.25, 0.3) is 0 Å². The van der Waals surface area contributed by atoms with Crippen molar-refractivity contribution >= 4 is 18.0 Å². The maximum Gasteiger partial charge on any atom is 0.410 e. The summed E-state index contributed by atoms with van der Waals surface area (Å²) < 4.78 is 5.42. The minimum Gasteiger partial charge on any atom is -0.444 e. The first kappa shape index (κ1) is 17.6. The van der Waals surface area contributed by atoms with Crippen molar-refractivity contribution in [1.82, 2.24) is 15.1 Å². The number of likely N-dealkylation sites (tertiary alicyclic amines) is 1. The monoisotopic (exact) mass is 325 g/mol. The van der Waals surface area contributed by atoms with Crippen LogP contribution in [0.1, 0.15) is 48.0 Å². The third kappa shape index (κ3) is 2.88. The highest BCUT2D eigenvalue weighted by Crippen LogP contribution is 2.42. The van der Waals surface area contributed by atoms with Crippen LogP contribution in [0, 0.1) is 5.41 Å². The van der Waals surface area contributed by atoms with E-state index >= 15 is 0 Å². The number of hydrogen-bond acceptors (Lipinski definition) is 4. The van der Waals surface area contributed by atoms with E-state index in [1.54, 1.807) is 11.8 Å². The molecule has 0 radical (unpaired) electrons. The van der Waals surface area contributed by atoms with Crippen molar-refractivity contribution in [3.05, 3.63) is 0 Å². The number of nitrogens with one attached hydrogen (secondary N) is 1. The van der Waals surface area contributed by atoms with E-state index in [1.807, 2.05) is 34.6 Å². The fourth-order valence-electron chi connectivity index (χ4n) is 3.36. The first-order valence-electron chi connectivity index (χ1n) is 8.05. The lowest BCUT2D eigenvalue weighted by Crippen LogP contribution is -2.66. The maximum absolute atomic E-state index is 12.8. The van der Waals surface area contributed by atoms with Gasteiger partial charge in [0.05, 0.1) is 0 Å². The molecule has 2 aliphatic rings. The molecule has 130 valence electrons. The Morgan fingerprint density at radius 2 is 1.91 bits per heavy atom. The van der Waals surface area contributed by atoms with E-state index in [4.69, 9.17) is 4.74 Å². The Labute approximate surface area is 137 Å². The molecule has 0 bridgehead atoms. The quantitative estimate of drug-likeness (QED) is 0.748. The SMILES string of the molecule is CCN1C(=O)NC2(CCN(C(=O)OC(C)(C)C)CC2(C)C)C1=O. The number of hydrogen-bond donors (Lipinski definition) is 1. The van der Waals surface area contributed by atoms with Crippen molar-refractivity contribution in [3.8, 4) is 0 Å². The lowest BCUT2D eigenvalue weighted by Gasteiger charge is -2.49. The topological polar surface area (TPSA) is 79.0 Å². The summed E-state index contributed by atoms with van der Waals surface area (Å²) in [6.07, 6.45) is 0.00452. The van der Waals surface area contributed by atoms with Gasteiger partial charge in [-0.3, -0.25) is 9.69 Å². The maximum atomic E-state index is 12.8. The number of likely N-dealkylation sites (N-methyl/N-ethyl adjacent to an activating group) is 1. The Bertz CT molecular complexity index is 538. The van der Waals surface area contributed by atoms with Crippen LogP contribution in [0.15, 0.2) is 0 Å². The molecule has 2 saturated heterocycles. The van der Waals surface area contributed by atoms with E-state index in [0.717, 1.165) is 0 Å². The average Bonchev–Trinajstić information content (AvgIpc) is 2.63. The first-order chi connectivity index (χ1) is 10.4. The van der Waals surface area contributed by atoms with E-state index in [0.29, 0.717) is 26.1 Å². The van der Waals surface area contributed by atoms with Gasteiger partial charge in [-0.25, -0.2) is 9.59 Å². The summed E-state index contributed by atoms with van der Waals surface area (Å²) in [6.45, 7) is 12.1. The van der Waals surface area contributed by atoms with E-state index in [-0.39, 0.29) is 18.0 Å². The number of rotatable bonds is 1. The van der Waals surface area contributed by atoms with Gasteiger partial charge in [0.15, 0.2) is 0 Å². The molecule has 0 aliphatic carbocycles. The second kappa shape index (κ2) is 5.39. The standard InChI is InChI=1S/C16H27N3O4/c1-7-19-11(20)16(17-12(19)21)8-9-18(10-15(16,5)6)13(22)23-14(2,3)4/h7-10H2,1-6H3,(H,17,21). The molecule has 23 heavy (non-hydrogen) atoms. The molecule has 0 saturated carbocycles. The molecule has 0 aromatic rings. The number of carbonyl (C=O) groups is 3. The molecule has 1 atom stereocenters. The van der Waals surface area contributed by atoms with Crippen LogP contribution in [0.2, 0.25) is 0 Å². The van der Waals surface area contributed by atoms with E-state index in [2.05, 4.69) is 5.32 Å². The van der Waals surface area contributed by atoms with Crippen LogP contribution in [0.4, 0.5) is 9.59 Å². The van der Waals surface area contributed by atoms with Gasteiger partial charge in [0.25, 0.3) is 5.91 Å². The molecule has 1 unspecified atom stereocenters. The fourth-order valence-corrected chi connectivity index (χ4v) is 3.36. The predicted octanol–water partition coefficient (Wildman–Crippen LogP) is 1.96. The van der Waals surface area contributed by atoms with Gasteiger partial charge in [-0.2, -0.15) is 0 Å². The van der Waals surface area contributed by atoms with Gasteiger partial charge < -0.3 is 15.0 Å². The highest BCUT2D eigenvalue weighted by atomic mass is 16.6. The van der Waals surface area contributed by atoms with Crippen LogP contribution in [0.5, 0.6) is 0 Å². The molecule has 2 aliphatic heterocycles. The van der Waals surface area contributed by atoms with Crippen LogP contribution in [-0.4, -0.2) is 58.6 Å². The number of nitrogens with zero attached hydrogens (tertiary/aromatic N) is 2. The minimum absolute atomic E-state index is 0.196. The highest BCUT2D eigenvalue weighted by Gasteiger charge is 2.61. The zero-order valence-electron chi connectivity index (χ0n) is 14.9. The van der Waals surface area contributed by atoms with Gasteiger partial charge >= 0.3 is 12.1 Å². The molecule has 2 fully saturated rings. The van der Waals surface area contributed by atoms with Gasteiger partial charge in [-0.1, -0.05) is 13.8 Å². The molecule has 7 nitrogen and oxygen atoms in total. The fraction of sp³-hybridized carbons (Fsp3) is 0.812. The second-order valence-corrected chi connectivity index (χ2v) is 7.92. The zero-order chi connectivity index (χ0) is 17.6. The lowest BCUT2D eigenvalue weighted by atomic mass is 9.67. The Hall–Kier alpha value is -1.79. The van der Waals surface area contributed by atoms with Crippen molar-refractivity contribution in [2.24, 2.45) is 5.41 Å². The number of piperidine rings is 1. The Balaban J connectivity index is 2.20. The van der Waals surface area contributed by atoms with Gasteiger partial charge in [0.2, 0.25) is 0 Å². The normalized spacial score (nSPS) is 27.4. The molecule has 4 amide bonds. The van der Waals surface area contributed by atoms with Crippen molar-refractivity contribution in [2.45, 2.75) is 59.1 Å². The van der Waals surface area contributed by atoms with Crippen LogP contribution in [0.3, 0.4) is 0 Å². The van der Waals surface area contributed by atoms with Crippen molar-refractivity contribution in [3.63, 3.8) is 0 Å². The van der Waals surface area contributed by atoms with Gasteiger partial charge in [-0.15, -0.1) is 0 Å². The molecular weight excluding hydrogens is 298 g/mol. The summed E-state index contributed by atoms with van der Waals surface area (Å²) in [6, 6.07) is -0.351. The molecule has 2 rings (SSSR count). The summed E-state index contributed by atoms with van der Waals surface area (Å²) in [7, 11) is 0. The van der Waals surface area contributed by atoms with Crippen molar-refractivity contribution in [2.75, 3.05) is 19.6 Å². The number of ether oxygens (including phenoxy) is 1. The summed E-state index contributed by atoms with van der Waals surface area (Å²) in [5, 5.41) is 2.88. The molecular formula is C16H27N3O4. The van der Waals surface area contributed by atoms with E-state index in [9.17, 15) is 14.4 Å². The average molecular weight is 325 g/mol. The van der Waals surface area contributed by atoms with Crippen LogP contribution >= 0.6 is 0 Å². The highest BCUT2D eigenvalue weighted by molar-refractivity contribution is 6.07. The van der Waals surface area contributed by atoms with E-state index in [1.165, 1.54) is 4.90 Å². The summed E-state index contributed by atoms with van der Waals surface area (Å²) in [5.41, 5.74) is -2.09. The van der Waals surface area contributed by atoms with Crippen molar-refractivity contribution in [1.29, 1.82) is 0 Å². The number of carbonyl (C=O) groups excluding carboxylic acids is 3. The van der Waals surface area contributed by atoms with Crippen molar-refractivity contribution < 1.29 is 19.1 Å². The van der Waals surface area contributed by atoms with Gasteiger partial charge in [0, 0.05) is 25.0 Å². The van der Waals surface area contributed by atoms with Gasteiger partial charge in [0.1, 0.15) is 11.1 Å². The Kier molecular flexibility index (Phi) is 4.11. The second-order valence-electron chi connectivity index (χ2n) is 7.92. The van der Waals surface area contributed by atoms with Crippen LogP contribution < -0.4 is 5.32 Å². The molecule has 0 aromatic heterocycles. The predicted molar refractivity (Wildman–Crippen MR) is 84.9 cm³/mol. The summed E-state index contributed by atoms with van der Waals surface area (Å²) in [4.78, 5) is 40.0. The molecule has 1 spiro atoms. The number of urea groups is 1. The summed E-state index contributed by atoms with van der Waals surface area (Å²) >= 11 is 0. The molecule has 1 N–H and O–H groups in total. The zero-order valence-corrected chi connectivity index (χ0v) is 14.9. The smallest absolute Gasteiger partial charge is 0.410 e. The number of imide groups is 1. The van der Waals surface area contributed by atoms with Gasteiger partial charge in [-0.05, 0) is 34.1 Å². The molecule has 2 heterocycles. The number of amides is 4.